The molecule has 1 saturated heterocycles. The first-order valence-electron chi connectivity index (χ1n) is 9.92. The van der Waals surface area contributed by atoms with E-state index in [4.69, 9.17) is 4.74 Å². The molecule has 1 aromatic heterocycles. The van der Waals surface area contributed by atoms with Crippen LogP contribution in [-0.2, 0) is 18.4 Å². The number of benzene rings is 1. The van der Waals surface area contributed by atoms with E-state index in [1.54, 1.807) is 4.68 Å². The summed E-state index contributed by atoms with van der Waals surface area (Å²) >= 11 is 0. The summed E-state index contributed by atoms with van der Waals surface area (Å²) < 4.78 is 7.97. The SMILES string of the molecule is Cn1cc([C@H]2CNC[C@@H]2C(=O)NCc2ccccc2OC2CCCC2)cn1. The smallest absolute Gasteiger partial charge is 0.225 e. The van der Waals surface area contributed by atoms with Crippen molar-refractivity contribution in [3.05, 3.63) is 47.8 Å². The van der Waals surface area contributed by atoms with E-state index >= 15 is 0 Å². The molecule has 0 spiro atoms. The van der Waals surface area contributed by atoms with Crippen LogP contribution in [-0.4, -0.2) is 34.9 Å². The molecule has 6 heteroatoms. The van der Waals surface area contributed by atoms with Gasteiger partial charge in [-0.1, -0.05) is 18.2 Å². The summed E-state index contributed by atoms with van der Waals surface area (Å²) in [7, 11) is 1.90. The zero-order valence-corrected chi connectivity index (χ0v) is 15.9. The number of para-hydroxylation sites is 1. The van der Waals surface area contributed by atoms with Gasteiger partial charge in [0.1, 0.15) is 5.75 Å². The fourth-order valence-corrected chi connectivity index (χ4v) is 4.20. The van der Waals surface area contributed by atoms with E-state index in [1.807, 2.05) is 43.7 Å². The Labute approximate surface area is 160 Å². The average Bonchev–Trinajstić information content (AvgIpc) is 3.42. The Balaban J connectivity index is 1.39. The molecule has 1 aliphatic carbocycles. The highest BCUT2D eigenvalue weighted by Crippen LogP contribution is 2.29. The number of rotatable bonds is 6. The van der Waals surface area contributed by atoms with Crippen molar-refractivity contribution in [1.82, 2.24) is 20.4 Å². The maximum atomic E-state index is 12.8. The van der Waals surface area contributed by atoms with Crippen LogP contribution < -0.4 is 15.4 Å². The second-order valence-electron chi connectivity index (χ2n) is 7.67. The number of hydrogen-bond donors (Lipinski definition) is 2. The molecule has 4 rings (SSSR count). The van der Waals surface area contributed by atoms with Gasteiger partial charge in [-0.2, -0.15) is 5.10 Å². The molecule has 27 heavy (non-hydrogen) atoms. The minimum absolute atomic E-state index is 0.0721. The summed E-state index contributed by atoms with van der Waals surface area (Å²) in [4.78, 5) is 12.8. The number of aromatic nitrogens is 2. The van der Waals surface area contributed by atoms with E-state index in [2.05, 4.69) is 15.7 Å². The van der Waals surface area contributed by atoms with Crippen molar-refractivity contribution in [2.75, 3.05) is 13.1 Å². The summed E-state index contributed by atoms with van der Waals surface area (Å²) in [6.45, 7) is 2.01. The third-order valence-corrected chi connectivity index (χ3v) is 5.73. The van der Waals surface area contributed by atoms with Crippen molar-refractivity contribution >= 4 is 5.91 Å². The van der Waals surface area contributed by atoms with Gasteiger partial charge in [0.15, 0.2) is 0 Å². The number of amides is 1. The Morgan fingerprint density at radius 3 is 2.89 bits per heavy atom. The van der Waals surface area contributed by atoms with Crippen LogP contribution >= 0.6 is 0 Å². The molecular formula is C21H28N4O2. The third-order valence-electron chi connectivity index (χ3n) is 5.73. The molecule has 2 N–H and O–H groups in total. The minimum Gasteiger partial charge on any atom is -0.490 e. The van der Waals surface area contributed by atoms with Crippen LogP contribution in [0.1, 0.15) is 42.7 Å². The molecule has 2 fully saturated rings. The lowest BCUT2D eigenvalue weighted by Gasteiger charge is -2.19. The van der Waals surface area contributed by atoms with Gasteiger partial charge in [0.05, 0.1) is 18.2 Å². The Kier molecular flexibility index (Phi) is 5.43. The largest absolute Gasteiger partial charge is 0.490 e. The zero-order chi connectivity index (χ0) is 18.6. The number of aryl methyl sites for hydroxylation is 1. The van der Waals surface area contributed by atoms with E-state index in [1.165, 1.54) is 12.8 Å². The summed E-state index contributed by atoms with van der Waals surface area (Å²) in [5, 5.41) is 10.7. The van der Waals surface area contributed by atoms with Gasteiger partial charge in [-0.3, -0.25) is 9.48 Å². The Morgan fingerprint density at radius 1 is 1.30 bits per heavy atom. The first-order chi connectivity index (χ1) is 13.2. The van der Waals surface area contributed by atoms with Crippen LogP contribution in [0.25, 0.3) is 0 Å². The summed E-state index contributed by atoms with van der Waals surface area (Å²) in [6, 6.07) is 8.04. The van der Waals surface area contributed by atoms with Crippen LogP contribution in [0.2, 0.25) is 0 Å². The molecule has 0 radical (unpaired) electrons. The molecule has 0 bridgehead atoms. The van der Waals surface area contributed by atoms with Gasteiger partial charge in [-0.05, 0) is 37.3 Å². The van der Waals surface area contributed by atoms with Crippen molar-refractivity contribution < 1.29 is 9.53 Å². The average molecular weight is 368 g/mol. The molecule has 1 aliphatic heterocycles. The quantitative estimate of drug-likeness (QED) is 0.821. The predicted octanol–water partition coefficient (Wildman–Crippen LogP) is 2.36. The molecule has 2 heterocycles. The Morgan fingerprint density at radius 2 is 2.11 bits per heavy atom. The minimum atomic E-state index is -0.0721. The van der Waals surface area contributed by atoms with Crippen molar-refractivity contribution in [3.8, 4) is 5.75 Å². The predicted molar refractivity (Wildman–Crippen MR) is 103 cm³/mol. The van der Waals surface area contributed by atoms with Gasteiger partial charge in [0.25, 0.3) is 0 Å². The Hall–Kier alpha value is -2.34. The third kappa shape index (κ3) is 4.16. The molecular weight excluding hydrogens is 340 g/mol. The molecule has 2 aliphatic rings. The summed E-state index contributed by atoms with van der Waals surface area (Å²) in [6.07, 6.45) is 8.92. The summed E-state index contributed by atoms with van der Waals surface area (Å²) in [5.74, 6) is 1.09. The molecule has 2 atom stereocenters. The van der Waals surface area contributed by atoms with Gasteiger partial charge in [-0.25, -0.2) is 0 Å². The van der Waals surface area contributed by atoms with E-state index in [-0.39, 0.29) is 17.7 Å². The molecule has 1 saturated carbocycles. The van der Waals surface area contributed by atoms with Gasteiger partial charge in [-0.15, -0.1) is 0 Å². The van der Waals surface area contributed by atoms with Crippen LogP contribution in [0.15, 0.2) is 36.7 Å². The number of ether oxygens (including phenoxy) is 1. The van der Waals surface area contributed by atoms with Crippen LogP contribution in [0, 0.1) is 5.92 Å². The lowest BCUT2D eigenvalue weighted by Crippen LogP contribution is -2.34. The van der Waals surface area contributed by atoms with Gasteiger partial charge in [0, 0.05) is 44.4 Å². The maximum absolute atomic E-state index is 12.8. The van der Waals surface area contributed by atoms with Gasteiger partial charge >= 0.3 is 0 Å². The standard InChI is InChI=1S/C21H28N4O2/c1-25-14-16(11-24-25)18-12-22-13-19(18)21(26)23-10-15-6-2-5-9-20(15)27-17-7-3-4-8-17/h2,5-6,9,11,14,17-19,22H,3-4,7-8,10,12-13H2,1H3,(H,23,26)/t18-,19+/m1/s1. The monoisotopic (exact) mass is 368 g/mol. The lowest BCUT2D eigenvalue weighted by molar-refractivity contribution is -0.125. The maximum Gasteiger partial charge on any atom is 0.225 e. The topological polar surface area (TPSA) is 68.2 Å². The molecule has 144 valence electrons. The number of nitrogens with zero attached hydrogens (tertiary/aromatic N) is 2. The fourth-order valence-electron chi connectivity index (χ4n) is 4.20. The van der Waals surface area contributed by atoms with E-state index < -0.39 is 0 Å². The number of hydrogen-bond acceptors (Lipinski definition) is 4. The van der Waals surface area contributed by atoms with E-state index in [9.17, 15) is 4.79 Å². The van der Waals surface area contributed by atoms with Gasteiger partial charge in [0.2, 0.25) is 5.91 Å². The van der Waals surface area contributed by atoms with Crippen molar-refractivity contribution in [2.45, 2.75) is 44.2 Å². The normalized spacial score (nSPS) is 22.9. The lowest BCUT2D eigenvalue weighted by atomic mass is 9.90. The highest BCUT2D eigenvalue weighted by molar-refractivity contribution is 5.80. The van der Waals surface area contributed by atoms with Crippen molar-refractivity contribution in [3.63, 3.8) is 0 Å². The first kappa shape index (κ1) is 18.0. The second kappa shape index (κ2) is 8.13. The molecule has 2 aromatic rings. The Bertz CT molecular complexity index is 782. The zero-order valence-electron chi connectivity index (χ0n) is 15.9. The van der Waals surface area contributed by atoms with Crippen LogP contribution in [0.5, 0.6) is 5.75 Å². The first-order valence-corrected chi connectivity index (χ1v) is 9.92. The molecule has 1 amide bonds. The van der Waals surface area contributed by atoms with Crippen LogP contribution in [0.4, 0.5) is 0 Å². The molecule has 0 unspecified atom stereocenters. The highest BCUT2D eigenvalue weighted by Gasteiger charge is 2.34. The highest BCUT2D eigenvalue weighted by atomic mass is 16.5. The number of carbonyl (C=O) groups excluding carboxylic acids is 1. The van der Waals surface area contributed by atoms with Crippen molar-refractivity contribution in [2.24, 2.45) is 13.0 Å². The number of carbonyl (C=O) groups is 1. The van der Waals surface area contributed by atoms with Gasteiger partial charge < -0.3 is 15.4 Å². The van der Waals surface area contributed by atoms with E-state index in [0.717, 1.165) is 36.3 Å². The number of nitrogens with one attached hydrogen (secondary N) is 2. The summed E-state index contributed by atoms with van der Waals surface area (Å²) in [5.41, 5.74) is 2.16. The molecule has 1 aromatic carbocycles. The van der Waals surface area contributed by atoms with Crippen LogP contribution in [0.3, 0.4) is 0 Å². The fraction of sp³-hybridized carbons (Fsp3) is 0.524. The molecule has 6 nitrogen and oxygen atoms in total. The van der Waals surface area contributed by atoms with E-state index in [0.29, 0.717) is 19.2 Å². The second-order valence-corrected chi connectivity index (χ2v) is 7.67. The van der Waals surface area contributed by atoms with Crippen molar-refractivity contribution in [1.29, 1.82) is 0 Å².